The molecular weight excluding hydrogens is 170 g/mol. The van der Waals surface area contributed by atoms with E-state index < -0.39 is 0 Å². The first-order chi connectivity index (χ1) is 5.90. The summed E-state index contributed by atoms with van der Waals surface area (Å²) >= 11 is 1.64. The molecule has 4 heteroatoms. The van der Waals surface area contributed by atoms with Gasteiger partial charge in [-0.3, -0.25) is 0 Å². The van der Waals surface area contributed by atoms with E-state index in [1.165, 1.54) is 0 Å². The van der Waals surface area contributed by atoms with Crippen LogP contribution in [0.5, 0.6) is 0 Å². The number of hydrogen-bond acceptors (Lipinski definition) is 4. The molecule has 0 spiro atoms. The summed E-state index contributed by atoms with van der Waals surface area (Å²) in [5, 5.41) is 6.21. The lowest BCUT2D eigenvalue weighted by molar-refractivity contribution is 1.11. The van der Waals surface area contributed by atoms with Crippen molar-refractivity contribution in [3.63, 3.8) is 0 Å². The van der Waals surface area contributed by atoms with Gasteiger partial charge in [0.25, 0.3) is 0 Å². The van der Waals surface area contributed by atoms with Crippen molar-refractivity contribution in [3.8, 4) is 0 Å². The van der Waals surface area contributed by atoms with Crippen LogP contribution in [0.15, 0.2) is 17.6 Å². The van der Waals surface area contributed by atoms with Crippen molar-refractivity contribution in [1.82, 2.24) is 9.97 Å². The smallest absolute Gasteiger partial charge is 0.224 e. The molecule has 2 heterocycles. The minimum absolute atomic E-state index is 0.715. The van der Waals surface area contributed by atoms with Crippen LogP contribution in [-0.2, 0) is 0 Å². The SMILES string of the molecule is CCNc1ncc2ccsc2n1. The molecule has 0 atom stereocenters. The van der Waals surface area contributed by atoms with Crippen molar-refractivity contribution in [2.75, 3.05) is 11.9 Å². The zero-order valence-electron chi connectivity index (χ0n) is 6.74. The zero-order chi connectivity index (χ0) is 8.39. The Balaban J connectivity index is 2.46. The summed E-state index contributed by atoms with van der Waals surface area (Å²) in [5.74, 6) is 0.715. The molecule has 2 rings (SSSR count). The molecule has 0 saturated carbocycles. The summed E-state index contributed by atoms with van der Waals surface area (Å²) in [6.45, 7) is 2.89. The van der Waals surface area contributed by atoms with Gasteiger partial charge in [0.15, 0.2) is 0 Å². The minimum atomic E-state index is 0.715. The highest BCUT2D eigenvalue weighted by Gasteiger charge is 1.98. The molecule has 3 nitrogen and oxygen atoms in total. The van der Waals surface area contributed by atoms with E-state index in [-0.39, 0.29) is 0 Å². The summed E-state index contributed by atoms with van der Waals surface area (Å²) in [6, 6.07) is 2.02. The Hall–Kier alpha value is -1.16. The topological polar surface area (TPSA) is 37.8 Å². The third kappa shape index (κ3) is 1.25. The minimum Gasteiger partial charge on any atom is -0.354 e. The van der Waals surface area contributed by atoms with Crippen molar-refractivity contribution in [2.24, 2.45) is 0 Å². The summed E-state index contributed by atoms with van der Waals surface area (Å²) in [4.78, 5) is 9.52. The Labute approximate surface area is 74.5 Å². The number of thiophene rings is 1. The van der Waals surface area contributed by atoms with E-state index in [2.05, 4.69) is 15.3 Å². The van der Waals surface area contributed by atoms with E-state index in [1.807, 2.05) is 24.6 Å². The molecule has 2 aromatic rings. The van der Waals surface area contributed by atoms with Gasteiger partial charge >= 0.3 is 0 Å². The quantitative estimate of drug-likeness (QED) is 0.767. The van der Waals surface area contributed by atoms with Gasteiger partial charge in [0.05, 0.1) is 0 Å². The number of fused-ring (bicyclic) bond motifs is 1. The molecule has 0 aliphatic carbocycles. The third-order valence-electron chi connectivity index (χ3n) is 1.54. The highest BCUT2D eigenvalue weighted by Crippen LogP contribution is 2.18. The monoisotopic (exact) mass is 179 g/mol. The van der Waals surface area contributed by atoms with Crippen molar-refractivity contribution in [3.05, 3.63) is 17.6 Å². The van der Waals surface area contributed by atoms with Gasteiger partial charge in [0.1, 0.15) is 4.83 Å². The molecular formula is C8H9N3S. The van der Waals surface area contributed by atoms with Gasteiger partial charge < -0.3 is 5.32 Å². The highest BCUT2D eigenvalue weighted by atomic mass is 32.1. The van der Waals surface area contributed by atoms with Gasteiger partial charge in [-0.05, 0) is 18.4 Å². The first-order valence-electron chi connectivity index (χ1n) is 3.84. The van der Waals surface area contributed by atoms with Crippen LogP contribution in [0.1, 0.15) is 6.92 Å². The predicted octanol–water partition coefficient (Wildman–Crippen LogP) is 2.12. The first kappa shape index (κ1) is 7.49. The van der Waals surface area contributed by atoms with Crippen LogP contribution in [0, 0.1) is 0 Å². The molecule has 0 radical (unpaired) electrons. The predicted molar refractivity (Wildman–Crippen MR) is 51.6 cm³/mol. The summed E-state index contributed by atoms with van der Waals surface area (Å²) in [7, 11) is 0. The van der Waals surface area contributed by atoms with Crippen molar-refractivity contribution in [2.45, 2.75) is 6.92 Å². The average molecular weight is 179 g/mol. The maximum atomic E-state index is 4.32. The van der Waals surface area contributed by atoms with Crippen LogP contribution in [0.25, 0.3) is 10.2 Å². The molecule has 1 N–H and O–H groups in total. The molecule has 2 aromatic heterocycles. The second-order valence-electron chi connectivity index (χ2n) is 2.41. The number of aromatic nitrogens is 2. The maximum absolute atomic E-state index is 4.32. The lowest BCUT2D eigenvalue weighted by Crippen LogP contribution is -2.00. The Morgan fingerprint density at radius 3 is 3.33 bits per heavy atom. The summed E-state index contributed by atoms with van der Waals surface area (Å²) < 4.78 is 0. The first-order valence-corrected chi connectivity index (χ1v) is 4.72. The lowest BCUT2D eigenvalue weighted by atomic mass is 10.4. The van der Waals surface area contributed by atoms with Crippen LogP contribution >= 0.6 is 11.3 Å². The van der Waals surface area contributed by atoms with Gasteiger partial charge in [-0.15, -0.1) is 11.3 Å². The fraction of sp³-hybridized carbons (Fsp3) is 0.250. The summed E-state index contributed by atoms with van der Waals surface area (Å²) in [6.07, 6.45) is 1.84. The van der Waals surface area contributed by atoms with Gasteiger partial charge in [-0.25, -0.2) is 9.97 Å². The fourth-order valence-corrected chi connectivity index (χ4v) is 1.74. The van der Waals surface area contributed by atoms with E-state index in [0.29, 0.717) is 5.95 Å². The Bertz CT molecular complexity index is 382. The molecule has 0 saturated heterocycles. The zero-order valence-corrected chi connectivity index (χ0v) is 7.56. The van der Waals surface area contributed by atoms with Gasteiger partial charge in [-0.1, -0.05) is 0 Å². The van der Waals surface area contributed by atoms with E-state index in [0.717, 1.165) is 16.8 Å². The van der Waals surface area contributed by atoms with E-state index >= 15 is 0 Å². The fourth-order valence-electron chi connectivity index (χ4n) is 0.999. The average Bonchev–Trinajstić information content (AvgIpc) is 2.51. The number of rotatable bonds is 2. The molecule has 0 amide bonds. The van der Waals surface area contributed by atoms with Gasteiger partial charge in [0, 0.05) is 18.1 Å². The number of hydrogen-bond donors (Lipinski definition) is 1. The van der Waals surface area contributed by atoms with Crippen LogP contribution in [0.3, 0.4) is 0 Å². The Morgan fingerprint density at radius 2 is 2.50 bits per heavy atom. The molecule has 0 aliphatic heterocycles. The molecule has 62 valence electrons. The van der Waals surface area contributed by atoms with Crippen LogP contribution in [0.4, 0.5) is 5.95 Å². The van der Waals surface area contributed by atoms with E-state index in [1.54, 1.807) is 11.3 Å². The van der Waals surface area contributed by atoms with Crippen molar-refractivity contribution >= 4 is 27.5 Å². The molecule has 0 bridgehead atoms. The summed E-state index contributed by atoms with van der Waals surface area (Å²) in [5.41, 5.74) is 0. The van der Waals surface area contributed by atoms with Gasteiger partial charge in [-0.2, -0.15) is 0 Å². The highest BCUT2D eigenvalue weighted by molar-refractivity contribution is 7.16. The number of anilines is 1. The normalized spacial score (nSPS) is 10.4. The molecule has 0 aliphatic rings. The van der Waals surface area contributed by atoms with Gasteiger partial charge in [0.2, 0.25) is 5.95 Å². The van der Waals surface area contributed by atoms with Crippen LogP contribution in [-0.4, -0.2) is 16.5 Å². The Kier molecular flexibility index (Phi) is 1.91. The van der Waals surface area contributed by atoms with E-state index in [4.69, 9.17) is 0 Å². The molecule has 0 aromatic carbocycles. The van der Waals surface area contributed by atoms with E-state index in [9.17, 15) is 0 Å². The number of nitrogens with one attached hydrogen (secondary N) is 1. The largest absolute Gasteiger partial charge is 0.354 e. The third-order valence-corrected chi connectivity index (χ3v) is 2.36. The van der Waals surface area contributed by atoms with Crippen LogP contribution < -0.4 is 5.32 Å². The standard InChI is InChI=1S/C8H9N3S/c1-2-9-8-10-5-6-3-4-12-7(6)11-8/h3-5H,2H2,1H3,(H,9,10,11). The van der Waals surface area contributed by atoms with Crippen molar-refractivity contribution in [1.29, 1.82) is 0 Å². The second kappa shape index (κ2) is 3.06. The molecule has 0 fully saturated rings. The maximum Gasteiger partial charge on any atom is 0.224 e. The van der Waals surface area contributed by atoms with Crippen molar-refractivity contribution < 1.29 is 0 Å². The molecule has 0 unspecified atom stereocenters. The number of nitrogens with zero attached hydrogens (tertiary/aromatic N) is 2. The Morgan fingerprint density at radius 1 is 1.58 bits per heavy atom. The van der Waals surface area contributed by atoms with Crippen LogP contribution in [0.2, 0.25) is 0 Å². The molecule has 12 heavy (non-hydrogen) atoms. The second-order valence-corrected chi connectivity index (χ2v) is 3.30. The lowest BCUT2D eigenvalue weighted by Gasteiger charge is -1.98.